The van der Waals surface area contributed by atoms with Crippen LogP contribution >= 0.6 is 0 Å². The molecule has 0 saturated carbocycles. The summed E-state index contributed by atoms with van der Waals surface area (Å²) in [4.78, 5) is 30.1. The van der Waals surface area contributed by atoms with Crippen LogP contribution in [-0.2, 0) is 16.0 Å². The molecule has 0 spiro atoms. The quantitative estimate of drug-likeness (QED) is 0.331. The molecule has 4 rings (SSSR count). The lowest BCUT2D eigenvalue weighted by Crippen LogP contribution is -2.32. The summed E-state index contributed by atoms with van der Waals surface area (Å²) in [6.45, 7) is 5.78. The molecule has 1 fully saturated rings. The molecule has 2 atom stereocenters. The van der Waals surface area contributed by atoms with Crippen LogP contribution in [0.2, 0.25) is 0 Å². The molecular formula is C28H34N2O5. The second kappa shape index (κ2) is 10.5. The van der Waals surface area contributed by atoms with Crippen molar-refractivity contribution in [3.8, 4) is 11.5 Å². The molecule has 0 aromatic heterocycles. The number of benzene rings is 2. The van der Waals surface area contributed by atoms with Crippen LogP contribution in [0, 0.1) is 0 Å². The Balaban J connectivity index is 1.77. The third-order valence-corrected chi connectivity index (χ3v) is 6.36. The number of nitrogens with zero attached hydrogens (tertiary/aromatic N) is 2. The Morgan fingerprint density at radius 1 is 1.20 bits per heavy atom. The highest BCUT2D eigenvalue weighted by atomic mass is 16.5. The van der Waals surface area contributed by atoms with Crippen LogP contribution in [0.15, 0.2) is 48.0 Å². The Labute approximate surface area is 206 Å². The average molecular weight is 479 g/mol. The van der Waals surface area contributed by atoms with Gasteiger partial charge in [-0.25, -0.2) is 0 Å². The van der Waals surface area contributed by atoms with E-state index in [-0.39, 0.29) is 17.4 Å². The first kappa shape index (κ1) is 24.8. The van der Waals surface area contributed by atoms with Crippen molar-refractivity contribution in [2.45, 2.75) is 45.3 Å². The van der Waals surface area contributed by atoms with Crippen LogP contribution in [0.1, 0.15) is 49.4 Å². The van der Waals surface area contributed by atoms with Gasteiger partial charge in [0.1, 0.15) is 23.4 Å². The van der Waals surface area contributed by atoms with E-state index in [1.165, 1.54) is 0 Å². The lowest BCUT2D eigenvalue weighted by molar-refractivity contribution is -0.139. The van der Waals surface area contributed by atoms with Crippen molar-refractivity contribution < 1.29 is 24.2 Å². The van der Waals surface area contributed by atoms with E-state index < -0.39 is 17.7 Å². The van der Waals surface area contributed by atoms with Crippen molar-refractivity contribution in [2.24, 2.45) is 0 Å². The third-order valence-electron chi connectivity index (χ3n) is 6.36. The summed E-state index contributed by atoms with van der Waals surface area (Å²) < 4.78 is 11.6. The fourth-order valence-corrected chi connectivity index (χ4v) is 4.73. The van der Waals surface area contributed by atoms with E-state index in [0.717, 1.165) is 36.3 Å². The van der Waals surface area contributed by atoms with E-state index in [1.54, 1.807) is 11.0 Å². The molecule has 1 N–H and O–H groups in total. The summed E-state index contributed by atoms with van der Waals surface area (Å²) in [7, 11) is 3.94. The minimum Gasteiger partial charge on any atom is -0.507 e. The molecule has 1 saturated heterocycles. The number of carbonyl (C=O) groups is 2. The predicted octanol–water partition coefficient (Wildman–Crippen LogP) is 4.17. The number of aliphatic hydroxyl groups is 1. The fourth-order valence-electron chi connectivity index (χ4n) is 4.73. The van der Waals surface area contributed by atoms with E-state index in [0.29, 0.717) is 30.9 Å². The molecule has 0 unspecified atom stereocenters. The van der Waals surface area contributed by atoms with Gasteiger partial charge in [-0.05, 0) is 81.9 Å². The smallest absolute Gasteiger partial charge is 0.295 e. The summed E-state index contributed by atoms with van der Waals surface area (Å²) in [6.07, 6.45) is 2.37. The lowest BCUT2D eigenvalue weighted by atomic mass is 9.94. The van der Waals surface area contributed by atoms with Gasteiger partial charge in [0.2, 0.25) is 0 Å². The Bertz CT molecular complexity index is 1140. The van der Waals surface area contributed by atoms with Crippen LogP contribution in [0.4, 0.5) is 0 Å². The molecule has 186 valence electrons. The van der Waals surface area contributed by atoms with Crippen molar-refractivity contribution in [2.75, 3.05) is 33.8 Å². The lowest BCUT2D eigenvalue weighted by Gasteiger charge is -2.26. The second-order valence-corrected chi connectivity index (χ2v) is 9.53. The van der Waals surface area contributed by atoms with Gasteiger partial charge in [-0.1, -0.05) is 19.1 Å². The molecular weight excluding hydrogens is 444 g/mol. The van der Waals surface area contributed by atoms with Crippen LogP contribution in [0.25, 0.3) is 5.76 Å². The van der Waals surface area contributed by atoms with Crippen molar-refractivity contribution in [1.29, 1.82) is 0 Å². The number of fused-ring (bicyclic) bond motifs is 1. The first-order chi connectivity index (χ1) is 16.8. The molecule has 2 heterocycles. The first-order valence-corrected chi connectivity index (χ1v) is 12.3. The monoisotopic (exact) mass is 478 g/mol. The van der Waals surface area contributed by atoms with Crippen LogP contribution in [-0.4, -0.2) is 66.5 Å². The maximum Gasteiger partial charge on any atom is 0.295 e. The SMILES string of the molecule is CCCOc1cccc([C@@H]2C(=C(O)c3ccc4c(c3)C[C@H](C)O4)C(=O)C(=O)N2CCCN(C)C)c1. The van der Waals surface area contributed by atoms with E-state index in [4.69, 9.17) is 9.47 Å². The fraction of sp³-hybridized carbons (Fsp3) is 0.429. The van der Waals surface area contributed by atoms with E-state index in [1.807, 2.05) is 69.2 Å². The van der Waals surface area contributed by atoms with Gasteiger partial charge in [0, 0.05) is 18.5 Å². The summed E-state index contributed by atoms with van der Waals surface area (Å²) >= 11 is 0. The van der Waals surface area contributed by atoms with Gasteiger partial charge >= 0.3 is 0 Å². The number of amides is 1. The standard InChI is InChI=1S/C28H34N2O5/c1-5-14-34-22-9-6-8-19(17-22)25-24(27(32)28(33)30(25)13-7-12-29(3)4)26(31)20-10-11-23-21(16-20)15-18(2)35-23/h6,8-11,16-18,25,31H,5,7,12-15H2,1-4H3/t18-,25+/m0/s1. The van der Waals surface area contributed by atoms with Crippen LogP contribution in [0.3, 0.4) is 0 Å². The largest absolute Gasteiger partial charge is 0.507 e. The van der Waals surface area contributed by atoms with Gasteiger partial charge in [-0.3, -0.25) is 9.59 Å². The summed E-state index contributed by atoms with van der Waals surface area (Å²) in [6, 6.07) is 12.2. The van der Waals surface area contributed by atoms with Crippen molar-refractivity contribution in [1.82, 2.24) is 9.80 Å². The average Bonchev–Trinajstić information content (AvgIpc) is 3.33. The van der Waals surface area contributed by atoms with Crippen LogP contribution < -0.4 is 9.47 Å². The number of ether oxygens (including phenoxy) is 2. The molecule has 0 aliphatic carbocycles. The number of hydrogen-bond acceptors (Lipinski definition) is 6. The van der Waals surface area contributed by atoms with E-state index in [2.05, 4.69) is 0 Å². The molecule has 35 heavy (non-hydrogen) atoms. The van der Waals surface area contributed by atoms with Gasteiger partial charge < -0.3 is 24.4 Å². The Morgan fingerprint density at radius 3 is 2.74 bits per heavy atom. The number of carbonyl (C=O) groups excluding carboxylic acids is 2. The highest BCUT2D eigenvalue weighted by Gasteiger charge is 2.46. The number of Topliss-reactive ketones (excluding diaryl/α,β-unsaturated/α-hetero) is 1. The molecule has 0 bridgehead atoms. The van der Waals surface area contributed by atoms with Crippen molar-refractivity contribution in [3.63, 3.8) is 0 Å². The van der Waals surface area contributed by atoms with Gasteiger partial charge in [-0.15, -0.1) is 0 Å². The first-order valence-electron chi connectivity index (χ1n) is 12.3. The maximum atomic E-state index is 13.3. The number of likely N-dealkylation sites (tertiary alicyclic amines) is 1. The normalized spacial score (nSPS) is 20.9. The third kappa shape index (κ3) is 5.20. The Kier molecular flexibility index (Phi) is 7.45. The zero-order valence-electron chi connectivity index (χ0n) is 20.9. The maximum absolute atomic E-state index is 13.3. The number of ketones is 1. The van der Waals surface area contributed by atoms with Gasteiger partial charge in [-0.2, -0.15) is 0 Å². The zero-order chi connectivity index (χ0) is 25.1. The summed E-state index contributed by atoms with van der Waals surface area (Å²) in [5.74, 6) is 0.0451. The second-order valence-electron chi connectivity index (χ2n) is 9.53. The number of rotatable bonds is 9. The zero-order valence-corrected chi connectivity index (χ0v) is 20.9. The molecule has 2 aromatic carbocycles. The topological polar surface area (TPSA) is 79.3 Å². The molecule has 2 aromatic rings. The van der Waals surface area contributed by atoms with Gasteiger partial charge in [0.15, 0.2) is 0 Å². The van der Waals surface area contributed by atoms with E-state index in [9.17, 15) is 14.7 Å². The Hall–Kier alpha value is -3.32. The molecule has 7 heteroatoms. The predicted molar refractivity (Wildman–Crippen MR) is 135 cm³/mol. The summed E-state index contributed by atoms with van der Waals surface area (Å²) in [5.41, 5.74) is 2.34. The summed E-state index contributed by atoms with van der Waals surface area (Å²) in [5, 5.41) is 11.4. The Morgan fingerprint density at radius 2 is 2.00 bits per heavy atom. The molecule has 0 radical (unpaired) electrons. The van der Waals surface area contributed by atoms with Crippen molar-refractivity contribution >= 4 is 17.4 Å². The van der Waals surface area contributed by atoms with Crippen molar-refractivity contribution in [3.05, 3.63) is 64.7 Å². The number of hydrogen-bond donors (Lipinski definition) is 1. The molecule has 2 aliphatic rings. The highest BCUT2D eigenvalue weighted by molar-refractivity contribution is 6.46. The molecule has 2 aliphatic heterocycles. The van der Waals surface area contributed by atoms with E-state index >= 15 is 0 Å². The van der Waals surface area contributed by atoms with Gasteiger partial charge in [0.25, 0.3) is 11.7 Å². The number of aliphatic hydroxyl groups excluding tert-OH is 1. The highest BCUT2D eigenvalue weighted by Crippen LogP contribution is 2.41. The minimum absolute atomic E-state index is 0.0653. The van der Waals surface area contributed by atoms with Crippen LogP contribution in [0.5, 0.6) is 11.5 Å². The van der Waals surface area contributed by atoms with Gasteiger partial charge in [0.05, 0.1) is 18.2 Å². The minimum atomic E-state index is -0.689. The molecule has 1 amide bonds. The molecule has 7 nitrogen and oxygen atoms in total.